The molecule has 0 bridgehead atoms. The molecular formula is C14H17N3O. The molecule has 1 amide bonds. The average Bonchev–Trinajstić information content (AvgIpc) is 2.41. The zero-order valence-electron chi connectivity index (χ0n) is 10.5. The highest BCUT2D eigenvalue weighted by Crippen LogP contribution is 2.12. The monoisotopic (exact) mass is 243 g/mol. The molecular weight excluding hydrogens is 226 g/mol. The molecule has 1 atom stereocenters. The Morgan fingerprint density at radius 2 is 2.11 bits per heavy atom. The molecule has 0 saturated carbocycles. The van der Waals surface area contributed by atoms with Crippen molar-refractivity contribution in [2.24, 2.45) is 0 Å². The molecule has 0 unspecified atom stereocenters. The number of benzene rings is 1. The maximum atomic E-state index is 12.3. The molecule has 1 aromatic rings. The van der Waals surface area contributed by atoms with Crippen molar-refractivity contribution >= 4 is 5.91 Å². The van der Waals surface area contributed by atoms with Gasteiger partial charge in [-0.3, -0.25) is 9.69 Å². The van der Waals surface area contributed by atoms with Crippen LogP contribution in [-0.2, 0) is 0 Å². The van der Waals surface area contributed by atoms with Crippen LogP contribution in [0.4, 0.5) is 0 Å². The summed E-state index contributed by atoms with van der Waals surface area (Å²) >= 11 is 0. The van der Waals surface area contributed by atoms with Crippen molar-refractivity contribution in [3.8, 4) is 6.07 Å². The van der Waals surface area contributed by atoms with Crippen molar-refractivity contribution in [1.82, 2.24) is 9.80 Å². The molecule has 1 aliphatic rings. The van der Waals surface area contributed by atoms with Crippen molar-refractivity contribution in [2.45, 2.75) is 13.0 Å². The summed E-state index contributed by atoms with van der Waals surface area (Å²) in [6.07, 6.45) is 0. The summed E-state index contributed by atoms with van der Waals surface area (Å²) in [7, 11) is 0. The number of hydrogen-bond donors (Lipinski definition) is 0. The van der Waals surface area contributed by atoms with Crippen molar-refractivity contribution in [3.05, 3.63) is 35.9 Å². The zero-order valence-corrected chi connectivity index (χ0v) is 10.5. The van der Waals surface area contributed by atoms with Gasteiger partial charge in [-0.25, -0.2) is 0 Å². The number of hydrogen-bond acceptors (Lipinski definition) is 3. The summed E-state index contributed by atoms with van der Waals surface area (Å²) in [4.78, 5) is 16.2. The molecule has 0 radical (unpaired) electrons. The van der Waals surface area contributed by atoms with Crippen LogP contribution in [0.15, 0.2) is 30.3 Å². The van der Waals surface area contributed by atoms with Gasteiger partial charge in [0.25, 0.3) is 5.91 Å². The fourth-order valence-corrected chi connectivity index (χ4v) is 2.27. The summed E-state index contributed by atoms with van der Waals surface area (Å²) in [5, 5.41) is 8.72. The Labute approximate surface area is 107 Å². The number of nitrogens with zero attached hydrogens (tertiary/aromatic N) is 3. The summed E-state index contributed by atoms with van der Waals surface area (Å²) in [5.74, 6) is 0.0825. The predicted octanol–water partition coefficient (Wildman–Crippen LogP) is 1.36. The Balaban J connectivity index is 2.01. The molecule has 0 aromatic heterocycles. The normalized spacial score (nSPS) is 20.4. The summed E-state index contributed by atoms with van der Waals surface area (Å²) in [6.45, 7) is 4.65. The first-order chi connectivity index (χ1) is 8.72. The second-order valence-electron chi connectivity index (χ2n) is 4.59. The lowest BCUT2D eigenvalue weighted by Crippen LogP contribution is -2.53. The SMILES string of the molecule is C[C@H]1CN(C(=O)c2ccccc2)CCN1CC#N. The highest BCUT2D eigenvalue weighted by Gasteiger charge is 2.26. The van der Waals surface area contributed by atoms with E-state index in [-0.39, 0.29) is 11.9 Å². The lowest BCUT2D eigenvalue weighted by molar-refractivity contribution is 0.0546. The van der Waals surface area contributed by atoms with E-state index < -0.39 is 0 Å². The maximum absolute atomic E-state index is 12.3. The second kappa shape index (κ2) is 5.65. The average molecular weight is 243 g/mol. The number of nitriles is 1. The van der Waals surface area contributed by atoms with Crippen molar-refractivity contribution in [2.75, 3.05) is 26.2 Å². The summed E-state index contributed by atoms with van der Waals surface area (Å²) < 4.78 is 0. The fraction of sp³-hybridized carbons (Fsp3) is 0.429. The van der Waals surface area contributed by atoms with Gasteiger partial charge >= 0.3 is 0 Å². The van der Waals surface area contributed by atoms with Gasteiger partial charge in [0.2, 0.25) is 0 Å². The Bertz CT molecular complexity index is 452. The standard InChI is InChI=1S/C14H17N3O/c1-12-11-17(10-9-16(12)8-7-15)14(18)13-5-3-2-4-6-13/h2-6,12H,8-11H2,1H3/t12-/m0/s1. The Kier molecular flexibility index (Phi) is 3.96. The van der Waals surface area contributed by atoms with Crippen molar-refractivity contribution in [3.63, 3.8) is 0 Å². The third-order valence-corrected chi connectivity index (χ3v) is 3.35. The maximum Gasteiger partial charge on any atom is 0.253 e. The molecule has 1 aromatic carbocycles. The highest BCUT2D eigenvalue weighted by atomic mass is 16.2. The molecule has 1 aliphatic heterocycles. The third kappa shape index (κ3) is 2.69. The minimum atomic E-state index is 0.0825. The number of rotatable bonds is 2. The van der Waals surface area contributed by atoms with Crippen LogP contribution >= 0.6 is 0 Å². The van der Waals surface area contributed by atoms with E-state index in [0.717, 1.165) is 12.1 Å². The lowest BCUT2D eigenvalue weighted by Gasteiger charge is -2.38. The molecule has 18 heavy (non-hydrogen) atoms. The van der Waals surface area contributed by atoms with Crippen molar-refractivity contribution < 1.29 is 4.79 Å². The van der Waals surface area contributed by atoms with E-state index in [0.29, 0.717) is 19.6 Å². The Morgan fingerprint density at radius 3 is 2.72 bits per heavy atom. The van der Waals surface area contributed by atoms with Gasteiger partial charge in [0, 0.05) is 31.2 Å². The van der Waals surface area contributed by atoms with Crippen LogP contribution in [0.1, 0.15) is 17.3 Å². The first-order valence-corrected chi connectivity index (χ1v) is 6.17. The van der Waals surface area contributed by atoms with Crippen LogP contribution in [0, 0.1) is 11.3 Å². The van der Waals surface area contributed by atoms with Crippen LogP contribution in [0.3, 0.4) is 0 Å². The smallest absolute Gasteiger partial charge is 0.253 e. The molecule has 2 rings (SSSR count). The summed E-state index contributed by atoms with van der Waals surface area (Å²) in [5.41, 5.74) is 0.735. The van der Waals surface area contributed by atoms with Crippen LogP contribution in [-0.4, -0.2) is 47.9 Å². The van der Waals surface area contributed by atoms with E-state index in [1.54, 1.807) is 0 Å². The molecule has 1 heterocycles. The largest absolute Gasteiger partial charge is 0.336 e. The van der Waals surface area contributed by atoms with Gasteiger partial charge in [-0.2, -0.15) is 5.26 Å². The molecule has 94 valence electrons. The van der Waals surface area contributed by atoms with Gasteiger partial charge in [-0.1, -0.05) is 18.2 Å². The van der Waals surface area contributed by atoms with E-state index in [9.17, 15) is 4.79 Å². The molecule has 1 fully saturated rings. The van der Waals surface area contributed by atoms with Crippen LogP contribution in [0.25, 0.3) is 0 Å². The molecule has 4 nitrogen and oxygen atoms in total. The highest BCUT2D eigenvalue weighted by molar-refractivity contribution is 5.94. The van der Waals surface area contributed by atoms with E-state index in [1.807, 2.05) is 35.2 Å². The fourth-order valence-electron chi connectivity index (χ4n) is 2.27. The van der Waals surface area contributed by atoms with E-state index in [1.165, 1.54) is 0 Å². The van der Waals surface area contributed by atoms with Gasteiger partial charge in [0.1, 0.15) is 0 Å². The second-order valence-corrected chi connectivity index (χ2v) is 4.59. The van der Waals surface area contributed by atoms with E-state index in [4.69, 9.17) is 5.26 Å². The van der Waals surface area contributed by atoms with E-state index >= 15 is 0 Å². The number of carbonyl (C=O) groups is 1. The first kappa shape index (κ1) is 12.6. The van der Waals surface area contributed by atoms with Gasteiger partial charge in [-0.05, 0) is 19.1 Å². The quantitative estimate of drug-likeness (QED) is 0.737. The minimum absolute atomic E-state index is 0.0825. The molecule has 1 saturated heterocycles. The first-order valence-electron chi connectivity index (χ1n) is 6.17. The number of amides is 1. The minimum Gasteiger partial charge on any atom is -0.336 e. The Hall–Kier alpha value is -1.86. The molecule has 0 spiro atoms. The summed E-state index contributed by atoms with van der Waals surface area (Å²) in [6, 6.07) is 11.8. The van der Waals surface area contributed by atoms with Gasteiger partial charge in [-0.15, -0.1) is 0 Å². The number of carbonyl (C=O) groups excluding carboxylic acids is 1. The van der Waals surface area contributed by atoms with Crippen LogP contribution < -0.4 is 0 Å². The van der Waals surface area contributed by atoms with Crippen molar-refractivity contribution in [1.29, 1.82) is 5.26 Å². The predicted molar refractivity (Wildman–Crippen MR) is 69.0 cm³/mol. The molecule has 4 heteroatoms. The third-order valence-electron chi connectivity index (χ3n) is 3.35. The topological polar surface area (TPSA) is 47.3 Å². The Morgan fingerprint density at radius 1 is 1.39 bits per heavy atom. The van der Waals surface area contributed by atoms with E-state index in [2.05, 4.69) is 17.9 Å². The lowest BCUT2D eigenvalue weighted by atomic mass is 10.1. The number of piperazine rings is 1. The van der Waals surface area contributed by atoms with Crippen LogP contribution in [0.2, 0.25) is 0 Å². The molecule has 0 N–H and O–H groups in total. The van der Waals surface area contributed by atoms with Gasteiger partial charge in [0.05, 0.1) is 12.6 Å². The van der Waals surface area contributed by atoms with Crippen LogP contribution in [0.5, 0.6) is 0 Å². The molecule has 0 aliphatic carbocycles. The van der Waals surface area contributed by atoms with Gasteiger partial charge in [0.15, 0.2) is 0 Å². The van der Waals surface area contributed by atoms with Gasteiger partial charge < -0.3 is 4.90 Å². The zero-order chi connectivity index (χ0) is 13.0.